The van der Waals surface area contributed by atoms with Gasteiger partial charge >= 0.3 is 0 Å². The summed E-state index contributed by atoms with van der Waals surface area (Å²) in [4.78, 5) is 17.6. The van der Waals surface area contributed by atoms with Gasteiger partial charge in [0.05, 0.1) is 18.9 Å². The van der Waals surface area contributed by atoms with E-state index in [-0.39, 0.29) is 5.91 Å². The minimum absolute atomic E-state index is 0.0436. The molecule has 1 fully saturated rings. The summed E-state index contributed by atoms with van der Waals surface area (Å²) >= 11 is 6.10. The van der Waals surface area contributed by atoms with Gasteiger partial charge in [-0.25, -0.2) is 0 Å². The van der Waals surface area contributed by atoms with Crippen molar-refractivity contribution in [1.29, 1.82) is 0 Å². The molecule has 2 aliphatic heterocycles. The van der Waals surface area contributed by atoms with Crippen LogP contribution < -0.4 is 9.80 Å². The van der Waals surface area contributed by atoms with Crippen LogP contribution in [0.2, 0.25) is 5.02 Å². The van der Waals surface area contributed by atoms with Crippen LogP contribution in [-0.4, -0.2) is 32.2 Å². The summed E-state index contributed by atoms with van der Waals surface area (Å²) in [6.45, 7) is 3.23. The van der Waals surface area contributed by atoms with E-state index >= 15 is 0 Å². The molecule has 5 heteroatoms. The molecule has 0 bridgehead atoms. The van der Waals surface area contributed by atoms with Crippen LogP contribution >= 0.6 is 11.6 Å². The monoisotopic (exact) mass is 442 g/mol. The SMILES string of the molecule is O=C1/C(=C/c2ccccc2)C=C(c2ccc(Cl)cc2)N1c1ccc(N2CCOCC2)cc1. The molecule has 3 aromatic carbocycles. The summed E-state index contributed by atoms with van der Waals surface area (Å²) in [6, 6.07) is 25.7. The number of hydrogen-bond acceptors (Lipinski definition) is 3. The zero-order chi connectivity index (χ0) is 21.9. The van der Waals surface area contributed by atoms with Crippen LogP contribution in [-0.2, 0) is 9.53 Å². The van der Waals surface area contributed by atoms with Crippen molar-refractivity contribution in [3.05, 3.63) is 107 Å². The highest BCUT2D eigenvalue weighted by atomic mass is 35.5. The Morgan fingerprint density at radius 1 is 0.812 bits per heavy atom. The lowest BCUT2D eigenvalue weighted by atomic mass is 10.1. The number of ether oxygens (including phenoxy) is 1. The predicted octanol–water partition coefficient (Wildman–Crippen LogP) is 5.65. The van der Waals surface area contributed by atoms with E-state index in [1.807, 2.05) is 78.9 Å². The number of carbonyl (C=O) groups excluding carboxylic acids is 1. The van der Waals surface area contributed by atoms with Crippen molar-refractivity contribution in [2.75, 3.05) is 36.1 Å². The lowest BCUT2D eigenvalue weighted by Gasteiger charge is -2.29. The smallest absolute Gasteiger partial charge is 0.262 e. The Labute approximate surface area is 193 Å². The Kier molecular flexibility index (Phi) is 5.80. The average Bonchev–Trinajstić information content (AvgIpc) is 3.16. The zero-order valence-corrected chi connectivity index (χ0v) is 18.3. The van der Waals surface area contributed by atoms with Crippen molar-refractivity contribution in [3.63, 3.8) is 0 Å². The lowest BCUT2D eigenvalue weighted by molar-refractivity contribution is -0.113. The first kappa shape index (κ1) is 20.6. The van der Waals surface area contributed by atoms with Gasteiger partial charge in [-0.3, -0.25) is 9.69 Å². The molecule has 2 heterocycles. The van der Waals surface area contributed by atoms with E-state index in [2.05, 4.69) is 17.0 Å². The highest BCUT2D eigenvalue weighted by Crippen LogP contribution is 2.36. The number of anilines is 2. The van der Waals surface area contributed by atoms with Gasteiger partial charge in [-0.2, -0.15) is 0 Å². The van der Waals surface area contributed by atoms with Gasteiger partial charge in [-0.05, 0) is 59.7 Å². The van der Waals surface area contributed by atoms with Crippen molar-refractivity contribution in [2.45, 2.75) is 0 Å². The number of morpholine rings is 1. The van der Waals surface area contributed by atoms with Crippen molar-refractivity contribution in [2.24, 2.45) is 0 Å². The number of halogens is 1. The highest BCUT2D eigenvalue weighted by molar-refractivity contribution is 6.30. The number of amides is 1. The van der Waals surface area contributed by atoms with Gasteiger partial charge < -0.3 is 9.64 Å². The van der Waals surface area contributed by atoms with E-state index < -0.39 is 0 Å². The quantitative estimate of drug-likeness (QED) is 0.489. The second kappa shape index (κ2) is 9.03. The Morgan fingerprint density at radius 2 is 1.47 bits per heavy atom. The lowest BCUT2D eigenvalue weighted by Crippen LogP contribution is -2.36. The van der Waals surface area contributed by atoms with Crippen LogP contribution in [0.3, 0.4) is 0 Å². The first-order chi connectivity index (χ1) is 15.7. The minimum atomic E-state index is -0.0436. The fourth-order valence-corrected chi connectivity index (χ4v) is 4.19. The first-order valence-corrected chi connectivity index (χ1v) is 11.1. The van der Waals surface area contributed by atoms with E-state index in [9.17, 15) is 4.79 Å². The Balaban J connectivity index is 1.51. The molecule has 1 amide bonds. The molecule has 0 aliphatic carbocycles. The molecule has 4 nitrogen and oxygen atoms in total. The molecule has 0 aromatic heterocycles. The number of carbonyl (C=O) groups is 1. The Hall–Kier alpha value is -3.34. The number of nitrogens with zero attached hydrogens (tertiary/aromatic N) is 2. The van der Waals surface area contributed by atoms with Gasteiger partial charge in [-0.15, -0.1) is 0 Å². The van der Waals surface area contributed by atoms with Crippen LogP contribution in [0.15, 0.2) is 90.5 Å². The summed E-state index contributed by atoms with van der Waals surface area (Å²) in [5.74, 6) is -0.0436. The van der Waals surface area contributed by atoms with Gasteiger partial charge in [-0.1, -0.05) is 54.1 Å². The fourth-order valence-electron chi connectivity index (χ4n) is 4.07. The van der Waals surface area contributed by atoms with Gasteiger partial charge in [0.1, 0.15) is 0 Å². The molecule has 0 N–H and O–H groups in total. The van der Waals surface area contributed by atoms with Crippen LogP contribution in [0, 0.1) is 0 Å². The standard InChI is InChI=1S/C27H23ClN2O2/c28-23-8-6-21(7-9-23)26-19-22(18-20-4-2-1-3-5-20)27(31)30(26)25-12-10-24(11-13-25)29-14-16-32-17-15-29/h1-13,18-19H,14-17H2/b22-18+. The normalized spacial score (nSPS) is 17.7. The highest BCUT2D eigenvalue weighted by Gasteiger charge is 2.30. The minimum Gasteiger partial charge on any atom is -0.378 e. The molecule has 5 rings (SSSR count). The maximum atomic E-state index is 13.5. The van der Waals surface area contributed by atoms with E-state index in [0.717, 1.165) is 54.5 Å². The molecule has 0 atom stereocenters. The number of benzene rings is 3. The summed E-state index contributed by atoms with van der Waals surface area (Å²) in [5.41, 5.74) is 5.40. The van der Waals surface area contributed by atoms with E-state index in [4.69, 9.17) is 16.3 Å². The first-order valence-electron chi connectivity index (χ1n) is 10.7. The van der Waals surface area contributed by atoms with Gasteiger partial charge in [0.15, 0.2) is 0 Å². The molecule has 0 spiro atoms. The summed E-state index contributed by atoms with van der Waals surface area (Å²) in [6.07, 6.45) is 3.88. The van der Waals surface area contributed by atoms with Crippen LogP contribution in [0.1, 0.15) is 11.1 Å². The van der Waals surface area contributed by atoms with Gasteiger partial charge in [0.2, 0.25) is 0 Å². The maximum absolute atomic E-state index is 13.5. The van der Waals surface area contributed by atoms with E-state index in [1.165, 1.54) is 0 Å². The summed E-state index contributed by atoms with van der Waals surface area (Å²) in [5, 5.41) is 0.667. The fraction of sp³-hybridized carbons (Fsp3) is 0.148. The molecule has 1 saturated heterocycles. The van der Waals surface area contributed by atoms with Crippen molar-refractivity contribution in [1.82, 2.24) is 0 Å². The molecule has 2 aliphatic rings. The summed E-state index contributed by atoms with van der Waals surface area (Å²) in [7, 11) is 0. The second-order valence-corrected chi connectivity index (χ2v) is 8.24. The van der Waals surface area contributed by atoms with Crippen molar-refractivity contribution >= 4 is 40.7 Å². The van der Waals surface area contributed by atoms with Crippen LogP contribution in [0.5, 0.6) is 0 Å². The number of rotatable bonds is 4. The average molecular weight is 443 g/mol. The van der Waals surface area contributed by atoms with E-state index in [0.29, 0.717) is 10.6 Å². The molecule has 32 heavy (non-hydrogen) atoms. The van der Waals surface area contributed by atoms with Gasteiger partial charge in [0.25, 0.3) is 5.91 Å². The third-order valence-corrected chi connectivity index (χ3v) is 5.98. The molecule has 160 valence electrons. The van der Waals surface area contributed by atoms with Crippen LogP contribution in [0.25, 0.3) is 11.8 Å². The second-order valence-electron chi connectivity index (χ2n) is 7.80. The third-order valence-electron chi connectivity index (χ3n) is 5.73. The largest absolute Gasteiger partial charge is 0.378 e. The maximum Gasteiger partial charge on any atom is 0.262 e. The summed E-state index contributed by atoms with van der Waals surface area (Å²) < 4.78 is 5.45. The van der Waals surface area contributed by atoms with E-state index in [1.54, 1.807) is 4.90 Å². The molecule has 3 aromatic rings. The Morgan fingerprint density at radius 3 is 2.16 bits per heavy atom. The molecule has 0 saturated carbocycles. The molecule has 0 radical (unpaired) electrons. The van der Waals surface area contributed by atoms with Gasteiger partial charge in [0, 0.05) is 35.1 Å². The Bertz CT molecular complexity index is 1160. The number of hydrogen-bond donors (Lipinski definition) is 0. The van der Waals surface area contributed by atoms with Crippen LogP contribution in [0.4, 0.5) is 11.4 Å². The van der Waals surface area contributed by atoms with Crippen molar-refractivity contribution < 1.29 is 9.53 Å². The zero-order valence-electron chi connectivity index (χ0n) is 17.6. The molecular formula is C27H23ClN2O2. The molecular weight excluding hydrogens is 420 g/mol. The third kappa shape index (κ3) is 4.20. The molecule has 0 unspecified atom stereocenters. The topological polar surface area (TPSA) is 32.8 Å². The van der Waals surface area contributed by atoms with Crippen molar-refractivity contribution in [3.8, 4) is 0 Å². The predicted molar refractivity (Wildman–Crippen MR) is 131 cm³/mol.